The number of rotatable bonds is 4. The van der Waals surface area contributed by atoms with Crippen LogP contribution in [0.25, 0.3) is 0 Å². The van der Waals surface area contributed by atoms with Gasteiger partial charge in [0.1, 0.15) is 0 Å². The quantitative estimate of drug-likeness (QED) is 0.859. The zero-order valence-corrected chi connectivity index (χ0v) is 10.8. The van der Waals surface area contributed by atoms with Crippen molar-refractivity contribution >= 4 is 5.69 Å². The lowest BCUT2D eigenvalue weighted by molar-refractivity contribution is 0.154. The van der Waals surface area contributed by atoms with Gasteiger partial charge >= 0.3 is 0 Å². The van der Waals surface area contributed by atoms with Crippen LogP contribution in [0.3, 0.4) is 0 Å². The average Bonchev–Trinajstić information content (AvgIpc) is 2.77. The summed E-state index contributed by atoms with van der Waals surface area (Å²) in [5, 5.41) is 9.34. The molecule has 1 aliphatic rings. The van der Waals surface area contributed by atoms with Crippen LogP contribution in [-0.2, 0) is 6.54 Å². The lowest BCUT2D eigenvalue weighted by Gasteiger charge is -2.25. The van der Waals surface area contributed by atoms with E-state index in [4.69, 9.17) is 0 Å². The number of para-hydroxylation sites is 1. The minimum atomic E-state index is 0.282. The third-order valence-electron chi connectivity index (χ3n) is 3.56. The second-order valence-corrected chi connectivity index (χ2v) is 4.97. The summed E-state index contributed by atoms with van der Waals surface area (Å²) in [6, 6.07) is 8.85. The first-order valence-corrected chi connectivity index (χ1v) is 6.32. The van der Waals surface area contributed by atoms with E-state index in [1.165, 1.54) is 17.7 Å². The molecule has 1 saturated heterocycles. The predicted molar refractivity (Wildman–Crippen MR) is 71.3 cm³/mol. The number of hydrogen-bond acceptors (Lipinski definition) is 3. The van der Waals surface area contributed by atoms with Crippen LogP contribution < -0.4 is 4.90 Å². The van der Waals surface area contributed by atoms with E-state index in [9.17, 15) is 5.11 Å². The molecular weight excluding hydrogens is 212 g/mol. The zero-order valence-electron chi connectivity index (χ0n) is 10.8. The highest BCUT2D eigenvalue weighted by Crippen LogP contribution is 2.24. The molecule has 0 bridgehead atoms. The third-order valence-corrected chi connectivity index (χ3v) is 3.56. The predicted octanol–water partition coefficient (Wildman–Crippen LogP) is 1.71. The summed E-state index contributed by atoms with van der Waals surface area (Å²) in [6.07, 6.45) is 2.33. The number of likely N-dealkylation sites (tertiary alicyclic amines) is 1. The van der Waals surface area contributed by atoms with Gasteiger partial charge in [-0.3, -0.25) is 4.90 Å². The van der Waals surface area contributed by atoms with Crippen molar-refractivity contribution in [2.45, 2.75) is 25.4 Å². The normalized spacial score (nSPS) is 20.8. The first-order chi connectivity index (χ1) is 8.22. The molecule has 1 atom stereocenters. The Labute approximate surface area is 104 Å². The Morgan fingerprint density at radius 3 is 2.82 bits per heavy atom. The van der Waals surface area contributed by atoms with Gasteiger partial charge in [-0.15, -0.1) is 0 Å². The summed E-state index contributed by atoms with van der Waals surface area (Å²) in [4.78, 5) is 4.54. The molecule has 94 valence electrons. The number of hydrogen-bond donors (Lipinski definition) is 1. The van der Waals surface area contributed by atoms with Gasteiger partial charge in [0.15, 0.2) is 0 Å². The van der Waals surface area contributed by atoms with E-state index < -0.39 is 0 Å². The molecule has 1 aliphatic heterocycles. The van der Waals surface area contributed by atoms with Crippen molar-refractivity contribution < 1.29 is 5.11 Å². The smallest absolute Gasteiger partial charge is 0.0587 e. The number of benzene rings is 1. The highest BCUT2D eigenvalue weighted by Gasteiger charge is 2.24. The first kappa shape index (κ1) is 12.4. The highest BCUT2D eigenvalue weighted by atomic mass is 16.3. The van der Waals surface area contributed by atoms with E-state index in [2.05, 4.69) is 48.2 Å². The number of anilines is 1. The lowest BCUT2D eigenvalue weighted by Crippen LogP contribution is -2.32. The van der Waals surface area contributed by atoms with E-state index in [0.29, 0.717) is 6.04 Å². The second-order valence-electron chi connectivity index (χ2n) is 4.97. The Morgan fingerprint density at radius 1 is 1.35 bits per heavy atom. The average molecular weight is 234 g/mol. The SMILES string of the molecule is CN(C)c1ccccc1CN1CCC[C@H]1CO. The molecule has 0 radical (unpaired) electrons. The summed E-state index contributed by atoms with van der Waals surface area (Å²) in [5.74, 6) is 0. The van der Waals surface area contributed by atoms with Gasteiger partial charge in [-0.2, -0.15) is 0 Å². The van der Waals surface area contributed by atoms with E-state index in [1.807, 2.05) is 0 Å². The van der Waals surface area contributed by atoms with E-state index >= 15 is 0 Å². The minimum absolute atomic E-state index is 0.282. The molecule has 0 saturated carbocycles. The molecule has 1 heterocycles. The fraction of sp³-hybridized carbons (Fsp3) is 0.571. The van der Waals surface area contributed by atoms with Crippen molar-refractivity contribution in [1.82, 2.24) is 4.90 Å². The van der Waals surface area contributed by atoms with Crippen LogP contribution >= 0.6 is 0 Å². The maximum Gasteiger partial charge on any atom is 0.0587 e. The molecule has 0 unspecified atom stereocenters. The summed E-state index contributed by atoms with van der Waals surface area (Å²) in [5.41, 5.74) is 2.62. The van der Waals surface area contributed by atoms with E-state index in [-0.39, 0.29) is 6.61 Å². The fourth-order valence-electron chi connectivity index (χ4n) is 2.61. The van der Waals surface area contributed by atoms with Crippen LogP contribution in [0, 0.1) is 0 Å². The maximum atomic E-state index is 9.34. The van der Waals surface area contributed by atoms with Crippen molar-refractivity contribution in [3.05, 3.63) is 29.8 Å². The van der Waals surface area contributed by atoms with Gasteiger partial charge in [0.2, 0.25) is 0 Å². The molecule has 0 aromatic heterocycles. The van der Waals surface area contributed by atoms with Crippen molar-refractivity contribution in [2.75, 3.05) is 32.1 Å². The Morgan fingerprint density at radius 2 is 2.12 bits per heavy atom. The maximum absolute atomic E-state index is 9.34. The third kappa shape index (κ3) is 2.79. The molecule has 0 aliphatic carbocycles. The standard InChI is InChI=1S/C14H22N2O/c1-15(2)14-8-4-3-6-12(14)10-16-9-5-7-13(16)11-17/h3-4,6,8,13,17H,5,7,9-11H2,1-2H3/t13-/m0/s1. The van der Waals surface area contributed by atoms with Gasteiger partial charge in [-0.05, 0) is 31.0 Å². The molecule has 1 aromatic rings. The Hall–Kier alpha value is -1.06. The monoisotopic (exact) mass is 234 g/mol. The molecular formula is C14H22N2O. The van der Waals surface area contributed by atoms with Gasteiger partial charge in [0.05, 0.1) is 6.61 Å². The number of aliphatic hydroxyl groups is 1. The molecule has 0 spiro atoms. The van der Waals surface area contributed by atoms with Crippen LogP contribution in [-0.4, -0.2) is 43.3 Å². The zero-order chi connectivity index (χ0) is 12.3. The topological polar surface area (TPSA) is 26.7 Å². The van der Waals surface area contributed by atoms with Gasteiger partial charge in [0, 0.05) is 32.4 Å². The Kier molecular flexibility index (Phi) is 4.02. The van der Waals surface area contributed by atoms with Gasteiger partial charge in [0.25, 0.3) is 0 Å². The van der Waals surface area contributed by atoms with Crippen molar-refractivity contribution in [1.29, 1.82) is 0 Å². The molecule has 17 heavy (non-hydrogen) atoms. The summed E-state index contributed by atoms with van der Waals surface area (Å²) in [7, 11) is 4.15. The molecule has 2 rings (SSSR count). The van der Waals surface area contributed by atoms with Crippen LogP contribution in [0.4, 0.5) is 5.69 Å². The largest absolute Gasteiger partial charge is 0.395 e. The first-order valence-electron chi connectivity index (χ1n) is 6.32. The van der Waals surface area contributed by atoms with Crippen LogP contribution in [0.5, 0.6) is 0 Å². The summed E-state index contributed by atoms with van der Waals surface area (Å²) in [6.45, 7) is 2.33. The molecule has 3 heteroatoms. The molecule has 1 fully saturated rings. The van der Waals surface area contributed by atoms with Crippen LogP contribution in [0.15, 0.2) is 24.3 Å². The second kappa shape index (κ2) is 5.52. The minimum Gasteiger partial charge on any atom is -0.395 e. The van der Waals surface area contributed by atoms with Gasteiger partial charge in [-0.25, -0.2) is 0 Å². The van der Waals surface area contributed by atoms with E-state index in [1.54, 1.807) is 0 Å². The van der Waals surface area contributed by atoms with Crippen LogP contribution in [0.2, 0.25) is 0 Å². The summed E-state index contributed by atoms with van der Waals surface area (Å²) < 4.78 is 0. The Bertz CT molecular complexity index is 365. The molecule has 1 aromatic carbocycles. The number of aliphatic hydroxyl groups excluding tert-OH is 1. The Balaban J connectivity index is 2.12. The molecule has 1 N–H and O–H groups in total. The lowest BCUT2D eigenvalue weighted by atomic mass is 10.1. The fourth-order valence-corrected chi connectivity index (χ4v) is 2.61. The van der Waals surface area contributed by atoms with Crippen molar-refractivity contribution in [2.24, 2.45) is 0 Å². The van der Waals surface area contributed by atoms with Gasteiger partial charge in [-0.1, -0.05) is 18.2 Å². The number of nitrogens with zero attached hydrogens (tertiary/aromatic N) is 2. The highest BCUT2D eigenvalue weighted by molar-refractivity contribution is 5.52. The summed E-state index contributed by atoms with van der Waals surface area (Å²) >= 11 is 0. The molecule has 3 nitrogen and oxygen atoms in total. The van der Waals surface area contributed by atoms with Gasteiger partial charge < -0.3 is 10.0 Å². The molecule has 0 amide bonds. The van der Waals surface area contributed by atoms with Crippen LogP contribution in [0.1, 0.15) is 18.4 Å². The van der Waals surface area contributed by atoms with Crippen molar-refractivity contribution in [3.8, 4) is 0 Å². The van der Waals surface area contributed by atoms with Crippen molar-refractivity contribution in [3.63, 3.8) is 0 Å². The van der Waals surface area contributed by atoms with E-state index in [0.717, 1.165) is 19.5 Å².